The molecule has 0 fully saturated rings. The predicted octanol–water partition coefficient (Wildman–Crippen LogP) is 1.13. The lowest BCUT2D eigenvalue weighted by atomic mass is 10.5. The molecular weight excluding hydrogens is 168 g/mol. The van der Waals surface area contributed by atoms with Gasteiger partial charge in [-0.3, -0.25) is 9.36 Å². The number of oxazole rings is 1. The molecule has 4 heteroatoms. The van der Waals surface area contributed by atoms with Gasteiger partial charge in [0.25, 0.3) is 0 Å². The van der Waals surface area contributed by atoms with E-state index in [1.165, 1.54) is 12.1 Å². The zero-order valence-electron chi connectivity index (χ0n) is 7.10. The second-order valence-electron chi connectivity index (χ2n) is 2.66. The summed E-state index contributed by atoms with van der Waals surface area (Å²) < 4.78 is 6.96. The minimum atomic E-state index is -0.0208. The maximum absolute atomic E-state index is 10.8. The van der Waals surface area contributed by atoms with Crippen molar-refractivity contribution in [2.24, 2.45) is 0 Å². The molecule has 2 heterocycles. The molecule has 4 nitrogen and oxygen atoms in total. The van der Waals surface area contributed by atoms with Gasteiger partial charge in [-0.15, -0.1) is 0 Å². The van der Waals surface area contributed by atoms with Gasteiger partial charge in [-0.25, -0.2) is 4.98 Å². The summed E-state index contributed by atoms with van der Waals surface area (Å²) in [5.74, 6) is 1.21. The van der Waals surface area contributed by atoms with Crippen LogP contribution in [0.1, 0.15) is 5.89 Å². The third-order valence-corrected chi connectivity index (χ3v) is 1.66. The lowest BCUT2D eigenvalue weighted by Crippen LogP contribution is -2.00. The highest BCUT2D eigenvalue weighted by Crippen LogP contribution is 2.06. The molecule has 0 unspecified atom stereocenters. The number of pyridine rings is 1. The molecule has 0 aliphatic carbocycles. The molecular formula is C9H8N2O2. The average molecular weight is 176 g/mol. The molecule has 13 heavy (non-hydrogen) atoms. The average Bonchev–Trinajstić information content (AvgIpc) is 2.53. The van der Waals surface area contributed by atoms with E-state index in [1.807, 2.05) is 0 Å². The van der Waals surface area contributed by atoms with Gasteiger partial charge in [0.2, 0.25) is 5.88 Å². The Morgan fingerprint density at radius 3 is 2.62 bits per heavy atom. The summed E-state index contributed by atoms with van der Waals surface area (Å²) in [7, 11) is 0. The van der Waals surface area contributed by atoms with Crippen molar-refractivity contribution >= 4 is 0 Å². The van der Waals surface area contributed by atoms with E-state index in [4.69, 9.17) is 4.42 Å². The Bertz CT molecular complexity index is 450. The van der Waals surface area contributed by atoms with E-state index in [0.717, 1.165) is 0 Å². The van der Waals surface area contributed by atoms with Gasteiger partial charge in [0.15, 0.2) is 11.3 Å². The standard InChI is InChI=1S/C9H8N2O2/c1-7-10-6-9(13-7)11-4-2-8(12)3-5-11/h2-6H,1H3. The molecule has 2 aromatic heterocycles. The summed E-state index contributed by atoms with van der Waals surface area (Å²) in [6, 6.07) is 2.94. The normalized spacial score (nSPS) is 10.2. The van der Waals surface area contributed by atoms with Crippen LogP contribution < -0.4 is 5.43 Å². The van der Waals surface area contributed by atoms with Gasteiger partial charge >= 0.3 is 0 Å². The second kappa shape index (κ2) is 2.90. The lowest BCUT2D eigenvalue weighted by Gasteiger charge is -1.97. The van der Waals surface area contributed by atoms with Crippen molar-refractivity contribution < 1.29 is 4.42 Å². The van der Waals surface area contributed by atoms with Crippen LogP contribution in [0.4, 0.5) is 0 Å². The van der Waals surface area contributed by atoms with E-state index >= 15 is 0 Å². The molecule has 0 spiro atoms. The summed E-state index contributed by atoms with van der Waals surface area (Å²) in [6.45, 7) is 1.77. The first-order valence-corrected chi connectivity index (χ1v) is 3.87. The van der Waals surface area contributed by atoms with Crippen LogP contribution in [0.3, 0.4) is 0 Å². The molecule has 0 atom stereocenters. The first kappa shape index (κ1) is 7.79. The Morgan fingerprint density at radius 2 is 2.08 bits per heavy atom. The van der Waals surface area contributed by atoms with E-state index in [1.54, 1.807) is 30.1 Å². The summed E-state index contributed by atoms with van der Waals surface area (Å²) in [4.78, 5) is 14.7. The summed E-state index contributed by atoms with van der Waals surface area (Å²) in [6.07, 6.45) is 4.89. The zero-order chi connectivity index (χ0) is 9.26. The Hall–Kier alpha value is -1.84. The molecule has 0 radical (unpaired) electrons. The zero-order valence-corrected chi connectivity index (χ0v) is 7.10. The van der Waals surface area contributed by atoms with Gasteiger partial charge in [0, 0.05) is 31.5 Å². The van der Waals surface area contributed by atoms with Crippen LogP contribution in [-0.2, 0) is 0 Å². The molecule has 66 valence electrons. The van der Waals surface area contributed by atoms with Gasteiger partial charge in [-0.05, 0) is 0 Å². The van der Waals surface area contributed by atoms with E-state index < -0.39 is 0 Å². The number of aryl methyl sites for hydroxylation is 1. The minimum absolute atomic E-state index is 0.0208. The molecule has 0 saturated carbocycles. The molecule has 0 N–H and O–H groups in total. The van der Waals surface area contributed by atoms with Crippen LogP contribution in [-0.4, -0.2) is 9.55 Å². The third kappa shape index (κ3) is 1.51. The van der Waals surface area contributed by atoms with Crippen molar-refractivity contribution in [1.29, 1.82) is 0 Å². The van der Waals surface area contributed by atoms with Crippen LogP contribution >= 0.6 is 0 Å². The molecule has 0 bridgehead atoms. The Balaban J connectivity index is 2.47. The molecule has 0 aromatic carbocycles. The number of nitrogens with zero attached hydrogens (tertiary/aromatic N) is 2. The van der Waals surface area contributed by atoms with Crippen molar-refractivity contribution in [3.8, 4) is 5.88 Å². The number of aromatic nitrogens is 2. The number of rotatable bonds is 1. The number of hydrogen-bond acceptors (Lipinski definition) is 3. The predicted molar refractivity (Wildman–Crippen MR) is 46.8 cm³/mol. The minimum Gasteiger partial charge on any atom is -0.425 e. The van der Waals surface area contributed by atoms with Crippen molar-refractivity contribution in [3.63, 3.8) is 0 Å². The fraction of sp³-hybridized carbons (Fsp3) is 0.111. The summed E-state index contributed by atoms with van der Waals surface area (Å²) in [5, 5.41) is 0. The molecule has 2 aromatic rings. The Labute approximate surface area is 74.5 Å². The first-order chi connectivity index (χ1) is 6.25. The van der Waals surface area contributed by atoms with Crippen LogP contribution in [0.5, 0.6) is 0 Å². The lowest BCUT2D eigenvalue weighted by molar-refractivity contribution is 0.499. The molecule has 0 saturated heterocycles. The SMILES string of the molecule is Cc1ncc(-n2ccc(=O)cc2)o1. The van der Waals surface area contributed by atoms with E-state index in [9.17, 15) is 4.79 Å². The van der Waals surface area contributed by atoms with Gasteiger partial charge < -0.3 is 4.42 Å². The van der Waals surface area contributed by atoms with Crippen LogP contribution in [0, 0.1) is 6.92 Å². The molecule has 0 aliphatic rings. The van der Waals surface area contributed by atoms with E-state index in [-0.39, 0.29) is 5.43 Å². The third-order valence-electron chi connectivity index (χ3n) is 1.66. The smallest absolute Gasteiger partial charge is 0.224 e. The van der Waals surface area contributed by atoms with Crippen molar-refractivity contribution in [2.45, 2.75) is 6.92 Å². The molecule has 0 amide bonds. The summed E-state index contributed by atoms with van der Waals surface area (Å²) in [5.41, 5.74) is -0.0208. The second-order valence-corrected chi connectivity index (χ2v) is 2.66. The van der Waals surface area contributed by atoms with Gasteiger partial charge in [-0.2, -0.15) is 0 Å². The Morgan fingerprint density at radius 1 is 1.38 bits per heavy atom. The maximum Gasteiger partial charge on any atom is 0.224 e. The maximum atomic E-state index is 10.8. The van der Waals surface area contributed by atoms with Gasteiger partial charge in [-0.1, -0.05) is 0 Å². The highest BCUT2D eigenvalue weighted by atomic mass is 16.4. The van der Waals surface area contributed by atoms with Crippen LogP contribution in [0.15, 0.2) is 39.9 Å². The van der Waals surface area contributed by atoms with Gasteiger partial charge in [0.05, 0.1) is 6.20 Å². The molecule has 0 aliphatic heterocycles. The van der Waals surface area contributed by atoms with Crippen LogP contribution in [0.2, 0.25) is 0 Å². The quantitative estimate of drug-likeness (QED) is 0.654. The van der Waals surface area contributed by atoms with E-state index in [0.29, 0.717) is 11.8 Å². The van der Waals surface area contributed by atoms with Crippen LogP contribution in [0.25, 0.3) is 5.88 Å². The van der Waals surface area contributed by atoms with E-state index in [2.05, 4.69) is 4.98 Å². The van der Waals surface area contributed by atoms with Gasteiger partial charge in [0.1, 0.15) is 0 Å². The summed E-state index contributed by atoms with van der Waals surface area (Å²) >= 11 is 0. The monoisotopic (exact) mass is 176 g/mol. The topological polar surface area (TPSA) is 48.0 Å². The highest BCUT2D eigenvalue weighted by molar-refractivity contribution is 5.15. The number of hydrogen-bond donors (Lipinski definition) is 0. The van der Waals surface area contributed by atoms with Crippen molar-refractivity contribution in [3.05, 3.63) is 46.8 Å². The largest absolute Gasteiger partial charge is 0.425 e. The highest BCUT2D eigenvalue weighted by Gasteiger charge is 1.99. The fourth-order valence-corrected chi connectivity index (χ4v) is 1.03. The Kier molecular flexibility index (Phi) is 1.73. The van der Waals surface area contributed by atoms with Crippen molar-refractivity contribution in [1.82, 2.24) is 9.55 Å². The first-order valence-electron chi connectivity index (χ1n) is 3.87. The fourth-order valence-electron chi connectivity index (χ4n) is 1.03. The molecule has 2 rings (SSSR count). The van der Waals surface area contributed by atoms with Crippen molar-refractivity contribution in [2.75, 3.05) is 0 Å².